The Balaban J connectivity index is 1.80. The van der Waals surface area contributed by atoms with Crippen molar-refractivity contribution in [2.45, 2.75) is 31.2 Å². The molecule has 5 rings (SSSR count). The molecular formula is C20H22N2O3. The first kappa shape index (κ1) is 15.1. The average Bonchev–Trinajstić information content (AvgIpc) is 2.98. The maximum atomic E-state index is 13.0. The molecule has 0 radical (unpaired) electrons. The van der Waals surface area contributed by atoms with Gasteiger partial charge in [0, 0.05) is 24.8 Å². The molecule has 25 heavy (non-hydrogen) atoms. The highest BCUT2D eigenvalue weighted by molar-refractivity contribution is 6.10. The van der Waals surface area contributed by atoms with Gasteiger partial charge in [0.05, 0.1) is 18.4 Å². The summed E-state index contributed by atoms with van der Waals surface area (Å²) in [5.41, 5.74) is 3.63. The maximum Gasteiger partial charge on any atom is 0.310 e. The molecule has 1 aliphatic carbocycles. The molecule has 4 atom stereocenters. The van der Waals surface area contributed by atoms with Crippen molar-refractivity contribution in [3.8, 4) is 5.75 Å². The highest BCUT2D eigenvalue weighted by atomic mass is 16.5. The molecule has 4 aliphatic rings. The van der Waals surface area contributed by atoms with Gasteiger partial charge in [0.15, 0.2) is 0 Å². The van der Waals surface area contributed by atoms with Crippen LogP contribution in [0.15, 0.2) is 34.8 Å². The van der Waals surface area contributed by atoms with Crippen LogP contribution in [0, 0.1) is 11.8 Å². The van der Waals surface area contributed by atoms with E-state index in [-0.39, 0.29) is 29.6 Å². The van der Waals surface area contributed by atoms with Gasteiger partial charge in [-0.05, 0) is 37.3 Å². The Morgan fingerprint density at radius 1 is 1.48 bits per heavy atom. The van der Waals surface area contributed by atoms with Gasteiger partial charge in [0.25, 0.3) is 0 Å². The molecule has 2 saturated heterocycles. The van der Waals surface area contributed by atoms with E-state index in [0.717, 1.165) is 37.2 Å². The number of hydrogen-bond acceptors (Lipinski definition) is 5. The molecular weight excluding hydrogens is 316 g/mol. The van der Waals surface area contributed by atoms with E-state index < -0.39 is 5.41 Å². The number of para-hydroxylation sites is 1. The molecule has 1 aromatic rings. The van der Waals surface area contributed by atoms with Crippen molar-refractivity contribution in [1.82, 2.24) is 4.90 Å². The lowest BCUT2D eigenvalue weighted by Gasteiger charge is -2.59. The molecule has 1 saturated carbocycles. The third-order valence-corrected chi connectivity index (χ3v) is 6.83. The number of esters is 1. The third kappa shape index (κ3) is 1.67. The fraction of sp³-hybridized carbons (Fsp3) is 0.500. The van der Waals surface area contributed by atoms with Crippen molar-refractivity contribution in [2.24, 2.45) is 16.8 Å². The van der Waals surface area contributed by atoms with Crippen LogP contribution < -0.4 is 0 Å². The number of benzene rings is 1. The molecule has 1 aromatic carbocycles. The van der Waals surface area contributed by atoms with Crippen LogP contribution in [-0.4, -0.2) is 47.9 Å². The normalized spacial score (nSPS) is 36.8. The molecule has 0 spiro atoms. The molecule has 3 fully saturated rings. The van der Waals surface area contributed by atoms with Crippen LogP contribution in [-0.2, 0) is 14.9 Å². The molecule has 0 aromatic heterocycles. The zero-order valence-electron chi connectivity index (χ0n) is 14.5. The van der Waals surface area contributed by atoms with Crippen LogP contribution in [0.2, 0.25) is 0 Å². The van der Waals surface area contributed by atoms with Gasteiger partial charge in [-0.3, -0.25) is 14.7 Å². The predicted octanol–water partition coefficient (Wildman–Crippen LogP) is 2.56. The van der Waals surface area contributed by atoms with E-state index >= 15 is 0 Å². The first-order chi connectivity index (χ1) is 12.1. The Morgan fingerprint density at radius 2 is 2.32 bits per heavy atom. The highest BCUT2D eigenvalue weighted by Gasteiger charge is 2.65. The van der Waals surface area contributed by atoms with E-state index in [1.807, 2.05) is 12.1 Å². The molecule has 130 valence electrons. The number of aromatic hydroxyl groups is 1. The number of nitrogens with zero attached hydrogens (tertiary/aromatic N) is 2. The van der Waals surface area contributed by atoms with Crippen molar-refractivity contribution in [3.63, 3.8) is 0 Å². The van der Waals surface area contributed by atoms with E-state index in [9.17, 15) is 9.90 Å². The molecule has 3 aliphatic heterocycles. The Kier molecular flexibility index (Phi) is 2.99. The van der Waals surface area contributed by atoms with Crippen LogP contribution in [0.1, 0.15) is 25.3 Å². The molecule has 3 bridgehead atoms. The quantitative estimate of drug-likeness (QED) is 0.631. The lowest BCUT2D eigenvalue weighted by molar-refractivity contribution is -0.151. The molecule has 1 N–H and O–H groups in total. The number of piperidine rings is 2. The lowest BCUT2D eigenvalue weighted by atomic mass is 9.51. The third-order valence-electron chi connectivity index (χ3n) is 6.83. The Hall–Kier alpha value is -2.14. The van der Waals surface area contributed by atoms with Gasteiger partial charge >= 0.3 is 5.97 Å². The minimum absolute atomic E-state index is 0.151. The van der Waals surface area contributed by atoms with Gasteiger partial charge < -0.3 is 9.84 Å². The number of allylic oxidation sites excluding steroid dienone is 1. The number of carbonyl (C=O) groups excluding carboxylic acids is 1. The fourth-order valence-electron chi connectivity index (χ4n) is 5.82. The first-order valence-corrected chi connectivity index (χ1v) is 9.00. The lowest BCUT2D eigenvalue weighted by Crippen LogP contribution is -2.68. The number of ether oxygens (including phenoxy) is 1. The minimum atomic E-state index is -0.431. The van der Waals surface area contributed by atoms with Gasteiger partial charge in [-0.2, -0.15) is 0 Å². The number of aliphatic imine (C=N–C) groups is 1. The number of carbonyl (C=O) groups is 1. The first-order valence-electron chi connectivity index (χ1n) is 9.00. The zero-order valence-corrected chi connectivity index (χ0v) is 14.5. The molecule has 5 heteroatoms. The molecule has 0 unspecified atom stereocenters. The summed E-state index contributed by atoms with van der Waals surface area (Å²) >= 11 is 0. The van der Waals surface area contributed by atoms with Crippen molar-refractivity contribution in [3.05, 3.63) is 35.4 Å². The maximum absolute atomic E-state index is 13.0. The standard InChI is InChI=1S/C20H22N2O3/c1-3-11-10-22-8-7-20-13-5-4-6-15(23)17(13)21-18(20)14(22)9-12(11)16(20)19(24)25-2/h3-6,12,14,16,23H,7-10H2,1-2H3/t12-,14-,16+,20-/m0/s1. The van der Waals surface area contributed by atoms with Crippen molar-refractivity contribution in [2.75, 3.05) is 20.2 Å². The smallest absolute Gasteiger partial charge is 0.310 e. The summed E-state index contributed by atoms with van der Waals surface area (Å²) in [4.78, 5) is 20.3. The summed E-state index contributed by atoms with van der Waals surface area (Å²) in [6.45, 7) is 3.90. The van der Waals surface area contributed by atoms with Gasteiger partial charge in [0.2, 0.25) is 0 Å². The largest absolute Gasteiger partial charge is 0.506 e. The summed E-state index contributed by atoms with van der Waals surface area (Å²) in [6.07, 6.45) is 3.93. The van der Waals surface area contributed by atoms with Crippen molar-refractivity contribution < 1.29 is 14.6 Å². The second-order valence-corrected chi connectivity index (χ2v) is 7.58. The van der Waals surface area contributed by atoms with Crippen molar-refractivity contribution >= 4 is 17.4 Å². The summed E-state index contributed by atoms with van der Waals surface area (Å²) in [7, 11) is 1.48. The monoisotopic (exact) mass is 338 g/mol. The average molecular weight is 338 g/mol. The van der Waals surface area contributed by atoms with Crippen LogP contribution in [0.3, 0.4) is 0 Å². The zero-order chi connectivity index (χ0) is 17.3. The van der Waals surface area contributed by atoms with Gasteiger partial charge in [-0.25, -0.2) is 0 Å². The predicted molar refractivity (Wildman–Crippen MR) is 94.2 cm³/mol. The summed E-state index contributed by atoms with van der Waals surface area (Å²) in [5.74, 6) is -0.0193. The number of phenols is 1. The number of fused-ring (bicyclic) bond motifs is 2. The molecule has 0 amide bonds. The van der Waals surface area contributed by atoms with Crippen LogP contribution in [0.5, 0.6) is 5.75 Å². The highest BCUT2D eigenvalue weighted by Crippen LogP contribution is 2.61. The summed E-state index contributed by atoms with van der Waals surface area (Å²) in [5, 5.41) is 10.4. The molecule has 3 heterocycles. The second-order valence-electron chi connectivity index (χ2n) is 7.58. The van der Waals surface area contributed by atoms with Crippen LogP contribution in [0.4, 0.5) is 5.69 Å². The minimum Gasteiger partial charge on any atom is -0.506 e. The van der Waals surface area contributed by atoms with Crippen LogP contribution in [0.25, 0.3) is 0 Å². The van der Waals surface area contributed by atoms with E-state index in [0.29, 0.717) is 5.69 Å². The van der Waals surface area contributed by atoms with Crippen LogP contribution >= 0.6 is 0 Å². The fourth-order valence-corrected chi connectivity index (χ4v) is 5.82. The Bertz CT molecular complexity index is 843. The van der Waals surface area contributed by atoms with Crippen molar-refractivity contribution in [1.29, 1.82) is 0 Å². The van der Waals surface area contributed by atoms with E-state index in [1.54, 1.807) is 6.07 Å². The summed E-state index contributed by atoms with van der Waals surface area (Å²) in [6, 6.07) is 5.84. The summed E-state index contributed by atoms with van der Waals surface area (Å²) < 4.78 is 5.27. The number of hydrogen-bond donors (Lipinski definition) is 1. The van der Waals surface area contributed by atoms with Gasteiger partial charge in [-0.15, -0.1) is 0 Å². The topological polar surface area (TPSA) is 62.1 Å². The molecule has 5 nitrogen and oxygen atoms in total. The Labute approximate surface area is 147 Å². The van der Waals surface area contributed by atoms with E-state index in [2.05, 4.69) is 17.9 Å². The second kappa shape index (κ2) is 4.94. The van der Waals surface area contributed by atoms with Gasteiger partial charge in [0.1, 0.15) is 11.4 Å². The number of phenolic OH excluding ortho intramolecular Hbond substituents is 1. The van der Waals surface area contributed by atoms with E-state index in [4.69, 9.17) is 9.73 Å². The van der Waals surface area contributed by atoms with Gasteiger partial charge in [-0.1, -0.05) is 23.8 Å². The number of methoxy groups -OCH3 is 1. The number of rotatable bonds is 1. The van der Waals surface area contributed by atoms with E-state index in [1.165, 1.54) is 12.7 Å². The Morgan fingerprint density at radius 3 is 3.08 bits per heavy atom. The SMILES string of the molecule is CC=C1CN2CC[C@]34C(=Nc5c(O)cccc53)[C@@H]2C[C@@H]1[C@@H]4C(=O)OC.